The minimum absolute atomic E-state index is 0.607. The highest BCUT2D eigenvalue weighted by atomic mass is 16.5. The summed E-state index contributed by atoms with van der Waals surface area (Å²) in [4.78, 5) is 6.88. The van der Waals surface area contributed by atoms with Crippen LogP contribution in [0.15, 0.2) is 23.2 Å². The maximum Gasteiger partial charge on any atom is 0.191 e. The predicted octanol–water partition coefficient (Wildman–Crippen LogP) is 2.40. The van der Waals surface area contributed by atoms with E-state index >= 15 is 0 Å². The van der Waals surface area contributed by atoms with Crippen LogP contribution in [0.1, 0.15) is 30.9 Å². The minimum Gasteiger partial charge on any atom is -0.496 e. The van der Waals surface area contributed by atoms with Gasteiger partial charge in [-0.05, 0) is 50.4 Å². The van der Waals surface area contributed by atoms with E-state index in [1.165, 1.54) is 31.5 Å². The van der Waals surface area contributed by atoms with Crippen molar-refractivity contribution >= 4 is 5.96 Å². The lowest BCUT2D eigenvalue weighted by Crippen LogP contribution is -2.41. The van der Waals surface area contributed by atoms with E-state index in [1.54, 1.807) is 7.11 Å². The lowest BCUT2D eigenvalue weighted by atomic mass is 10.1. The first kappa shape index (κ1) is 18.6. The first-order chi connectivity index (χ1) is 11.6. The Bertz CT molecular complexity index is 538. The summed E-state index contributed by atoms with van der Waals surface area (Å²) < 4.78 is 5.46. The van der Waals surface area contributed by atoms with Crippen LogP contribution < -0.4 is 15.4 Å². The maximum atomic E-state index is 5.46. The zero-order valence-corrected chi connectivity index (χ0v) is 15.6. The number of aliphatic imine (C=N–C) groups is 1. The zero-order valence-electron chi connectivity index (χ0n) is 15.6. The van der Waals surface area contributed by atoms with Gasteiger partial charge in [0.25, 0.3) is 0 Å². The van der Waals surface area contributed by atoms with Gasteiger partial charge in [-0.2, -0.15) is 0 Å². The normalized spacial score (nSPS) is 16.9. The first-order valence-electron chi connectivity index (χ1n) is 8.92. The molecule has 1 unspecified atom stereocenters. The number of aryl methyl sites for hydroxylation is 1. The van der Waals surface area contributed by atoms with Crippen LogP contribution in [-0.2, 0) is 6.54 Å². The van der Waals surface area contributed by atoms with Gasteiger partial charge in [-0.25, -0.2) is 0 Å². The number of benzene rings is 1. The topological polar surface area (TPSA) is 48.9 Å². The molecule has 1 heterocycles. The van der Waals surface area contributed by atoms with E-state index in [1.807, 2.05) is 7.05 Å². The Balaban J connectivity index is 1.77. The molecule has 0 aromatic heterocycles. The van der Waals surface area contributed by atoms with Gasteiger partial charge in [0.2, 0.25) is 0 Å². The molecule has 1 aromatic carbocycles. The second-order valence-corrected chi connectivity index (χ2v) is 6.73. The molecule has 0 amide bonds. The van der Waals surface area contributed by atoms with Crippen molar-refractivity contribution < 1.29 is 4.74 Å². The average molecular weight is 332 g/mol. The molecule has 1 atom stereocenters. The third-order valence-electron chi connectivity index (χ3n) is 4.50. The van der Waals surface area contributed by atoms with E-state index in [4.69, 9.17) is 4.74 Å². The van der Waals surface area contributed by atoms with Crippen molar-refractivity contribution in [3.8, 4) is 5.75 Å². The highest BCUT2D eigenvalue weighted by Gasteiger charge is 2.14. The highest BCUT2D eigenvalue weighted by Crippen LogP contribution is 2.19. The van der Waals surface area contributed by atoms with E-state index in [-0.39, 0.29) is 0 Å². The molecule has 1 saturated heterocycles. The summed E-state index contributed by atoms with van der Waals surface area (Å²) in [6.07, 6.45) is 2.70. The largest absolute Gasteiger partial charge is 0.496 e. The van der Waals surface area contributed by atoms with Crippen LogP contribution in [-0.4, -0.2) is 51.2 Å². The van der Waals surface area contributed by atoms with Crippen LogP contribution in [0.4, 0.5) is 0 Å². The molecule has 0 spiro atoms. The van der Waals surface area contributed by atoms with Gasteiger partial charge in [-0.3, -0.25) is 4.99 Å². The van der Waals surface area contributed by atoms with Crippen LogP contribution in [0.2, 0.25) is 0 Å². The van der Waals surface area contributed by atoms with Crippen molar-refractivity contribution in [1.82, 2.24) is 15.5 Å². The van der Waals surface area contributed by atoms with E-state index < -0.39 is 0 Å². The van der Waals surface area contributed by atoms with Crippen LogP contribution >= 0.6 is 0 Å². The molecule has 1 aliphatic rings. The number of ether oxygens (including phenoxy) is 1. The SMILES string of the molecule is CN=C(NCc1ccc(C)cc1OC)NCC(C)CN1CCCC1. The fourth-order valence-corrected chi connectivity index (χ4v) is 3.14. The number of nitrogens with one attached hydrogen (secondary N) is 2. The summed E-state index contributed by atoms with van der Waals surface area (Å²) in [6, 6.07) is 6.27. The average Bonchev–Trinajstić information content (AvgIpc) is 3.08. The second kappa shape index (κ2) is 9.52. The lowest BCUT2D eigenvalue weighted by molar-refractivity contribution is 0.287. The molecule has 5 heteroatoms. The van der Waals surface area contributed by atoms with E-state index in [9.17, 15) is 0 Å². The Morgan fingerprint density at radius 2 is 2.04 bits per heavy atom. The van der Waals surface area contributed by atoms with Crippen molar-refractivity contribution in [2.24, 2.45) is 10.9 Å². The fourth-order valence-electron chi connectivity index (χ4n) is 3.14. The molecule has 2 rings (SSSR count). The number of nitrogens with zero attached hydrogens (tertiary/aromatic N) is 2. The standard InChI is InChI=1S/C19H32N4O/c1-15-7-8-17(18(11-15)24-4)13-22-19(20-3)21-12-16(2)14-23-9-5-6-10-23/h7-8,11,16H,5-6,9-10,12-14H2,1-4H3,(H2,20,21,22). The number of hydrogen-bond donors (Lipinski definition) is 2. The third-order valence-corrected chi connectivity index (χ3v) is 4.50. The number of guanidine groups is 1. The van der Waals surface area contributed by atoms with E-state index in [0.717, 1.165) is 30.4 Å². The van der Waals surface area contributed by atoms with Crippen LogP contribution in [0.5, 0.6) is 5.75 Å². The molecule has 1 aliphatic heterocycles. The van der Waals surface area contributed by atoms with Gasteiger partial charge in [0.15, 0.2) is 5.96 Å². The van der Waals surface area contributed by atoms with Crippen molar-refractivity contribution in [1.29, 1.82) is 0 Å². The Morgan fingerprint density at radius 3 is 2.71 bits per heavy atom. The first-order valence-corrected chi connectivity index (χ1v) is 8.92. The van der Waals surface area contributed by atoms with Gasteiger partial charge < -0.3 is 20.3 Å². The number of rotatable bonds is 7. The molecule has 2 N–H and O–H groups in total. The van der Waals surface area contributed by atoms with Gasteiger partial charge in [0, 0.05) is 32.2 Å². The molecule has 0 aliphatic carbocycles. The Hall–Kier alpha value is -1.75. The van der Waals surface area contributed by atoms with Crippen molar-refractivity contribution in [3.63, 3.8) is 0 Å². The predicted molar refractivity (Wildman–Crippen MR) is 101 cm³/mol. The van der Waals surface area contributed by atoms with Gasteiger partial charge in [0.1, 0.15) is 5.75 Å². The Morgan fingerprint density at radius 1 is 1.29 bits per heavy atom. The zero-order chi connectivity index (χ0) is 17.4. The molecule has 0 saturated carbocycles. The smallest absolute Gasteiger partial charge is 0.191 e. The van der Waals surface area contributed by atoms with Crippen LogP contribution in [0.3, 0.4) is 0 Å². The van der Waals surface area contributed by atoms with Crippen LogP contribution in [0, 0.1) is 12.8 Å². The second-order valence-electron chi connectivity index (χ2n) is 6.73. The summed E-state index contributed by atoms with van der Waals surface area (Å²) in [5.41, 5.74) is 2.34. The number of likely N-dealkylation sites (tertiary alicyclic amines) is 1. The minimum atomic E-state index is 0.607. The molecular formula is C19H32N4O. The maximum absolute atomic E-state index is 5.46. The number of methoxy groups -OCH3 is 1. The fraction of sp³-hybridized carbons (Fsp3) is 0.632. The molecule has 1 aromatic rings. The van der Waals surface area contributed by atoms with Crippen LogP contribution in [0.25, 0.3) is 0 Å². The summed E-state index contributed by atoms with van der Waals surface area (Å²) in [5, 5.41) is 6.81. The highest BCUT2D eigenvalue weighted by molar-refractivity contribution is 5.79. The summed E-state index contributed by atoms with van der Waals surface area (Å²) in [5.74, 6) is 2.36. The molecule has 1 fully saturated rings. The monoisotopic (exact) mass is 332 g/mol. The van der Waals surface area contributed by atoms with Gasteiger partial charge in [-0.15, -0.1) is 0 Å². The molecular weight excluding hydrogens is 300 g/mol. The van der Waals surface area contributed by atoms with Gasteiger partial charge in [-0.1, -0.05) is 19.1 Å². The molecule has 0 bridgehead atoms. The van der Waals surface area contributed by atoms with E-state index in [0.29, 0.717) is 12.5 Å². The molecule has 134 valence electrons. The quantitative estimate of drug-likeness (QED) is 0.595. The molecule has 5 nitrogen and oxygen atoms in total. The lowest BCUT2D eigenvalue weighted by Gasteiger charge is -2.21. The van der Waals surface area contributed by atoms with E-state index in [2.05, 4.69) is 52.6 Å². The summed E-state index contributed by atoms with van der Waals surface area (Å²) in [7, 11) is 3.53. The summed E-state index contributed by atoms with van der Waals surface area (Å²) >= 11 is 0. The molecule has 0 radical (unpaired) electrons. The van der Waals surface area contributed by atoms with Crippen molar-refractivity contribution in [2.45, 2.75) is 33.2 Å². The summed E-state index contributed by atoms with van der Waals surface area (Å²) in [6.45, 7) is 9.67. The number of hydrogen-bond acceptors (Lipinski definition) is 3. The van der Waals surface area contributed by atoms with Gasteiger partial charge >= 0.3 is 0 Å². The third kappa shape index (κ3) is 5.71. The van der Waals surface area contributed by atoms with Crippen molar-refractivity contribution in [2.75, 3.05) is 40.3 Å². The Labute approximate surface area is 146 Å². The molecule has 24 heavy (non-hydrogen) atoms. The van der Waals surface area contributed by atoms with Crippen molar-refractivity contribution in [3.05, 3.63) is 29.3 Å². The Kier molecular flexibility index (Phi) is 7.37. The van der Waals surface area contributed by atoms with Gasteiger partial charge in [0.05, 0.1) is 7.11 Å².